The van der Waals surface area contributed by atoms with E-state index in [9.17, 15) is 4.79 Å². The number of carboxylic acids is 1. The van der Waals surface area contributed by atoms with E-state index in [2.05, 4.69) is 9.47 Å². The molecule has 0 aromatic rings. The first-order valence-corrected chi connectivity index (χ1v) is 2.67. The highest BCUT2D eigenvalue weighted by Gasteiger charge is 1.94. The van der Waals surface area contributed by atoms with Crippen LogP contribution >= 0.6 is 0 Å². The van der Waals surface area contributed by atoms with Crippen molar-refractivity contribution in [3.8, 4) is 0 Å². The van der Waals surface area contributed by atoms with Crippen molar-refractivity contribution in [3.05, 3.63) is 0 Å². The lowest BCUT2D eigenvalue weighted by molar-refractivity contribution is -0.142. The maximum atomic E-state index is 9.82. The molecule has 0 spiro atoms. The van der Waals surface area contributed by atoms with E-state index in [0.717, 1.165) is 6.40 Å². The van der Waals surface area contributed by atoms with Crippen LogP contribution in [-0.4, -0.2) is 37.3 Å². The van der Waals surface area contributed by atoms with Crippen LogP contribution in [0.4, 0.5) is 0 Å². The first-order valence-electron chi connectivity index (χ1n) is 2.67. The van der Waals surface area contributed by atoms with Crippen LogP contribution in [0.15, 0.2) is 0 Å². The Labute approximate surface area is 58.1 Å². The van der Waals surface area contributed by atoms with E-state index < -0.39 is 5.97 Å². The van der Waals surface area contributed by atoms with Gasteiger partial charge >= 0.3 is 5.97 Å². The molecule has 0 fully saturated rings. The minimum Gasteiger partial charge on any atom is -0.481 e. The Morgan fingerprint density at radius 2 is 2.30 bits per heavy atom. The molecule has 0 unspecified atom stereocenters. The fourth-order valence-corrected chi connectivity index (χ4v) is 0.325. The smallest absolute Gasteiger partial charge is 0.329 e. The lowest BCUT2D eigenvalue weighted by Gasteiger charge is -1.98. The van der Waals surface area contributed by atoms with Gasteiger partial charge in [0.2, 0.25) is 0 Å². The normalized spacial score (nSPS) is 8.80. The van der Waals surface area contributed by atoms with Crippen molar-refractivity contribution < 1.29 is 19.4 Å². The summed E-state index contributed by atoms with van der Waals surface area (Å²) in [7, 11) is 0. The maximum Gasteiger partial charge on any atom is 0.329 e. The Morgan fingerprint density at radius 3 is 2.80 bits per heavy atom. The van der Waals surface area contributed by atoms with Gasteiger partial charge in [0.25, 0.3) is 0 Å². The van der Waals surface area contributed by atoms with Gasteiger partial charge < -0.3 is 14.6 Å². The molecule has 0 saturated heterocycles. The van der Waals surface area contributed by atoms with Gasteiger partial charge in [-0.1, -0.05) is 0 Å². The van der Waals surface area contributed by atoms with Gasteiger partial charge in [0, 0.05) is 0 Å². The molecule has 0 atom stereocenters. The van der Waals surface area contributed by atoms with Crippen LogP contribution in [0.25, 0.3) is 0 Å². The number of aliphatic carboxylic acids is 1. The molecule has 0 aliphatic heterocycles. The summed E-state index contributed by atoms with van der Waals surface area (Å²) in [5.74, 6) is -1.00. The summed E-state index contributed by atoms with van der Waals surface area (Å²) in [6.07, 6.45) is 0.782. The average molecular weight is 147 g/mol. The van der Waals surface area contributed by atoms with E-state index in [1.54, 1.807) is 0 Å². The zero-order valence-electron chi connectivity index (χ0n) is 5.37. The first kappa shape index (κ1) is 8.90. The highest BCUT2D eigenvalue weighted by molar-refractivity contribution is 5.67. The zero-order valence-corrected chi connectivity index (χ0v) is 5.37. The van der Waals surface area contributed by atoms with Crippen molar-refractivity contribution in [3.63, 3.8) is 0 Å². The molecule has 0 rings (SSSR count). The number of nitrogens with one attached hydrogen (secondary N) is 1. The van der Waals surface area contributed by atoms with Crippen LogP contribution < -0.4 is 0 Å². The fraction of sp³-hybridized carbons (Fsp3) is 0.600. The van der Waals surface area contributed by atoms with Gasteiger partial charge in [-0.2, -0.15) is 0 Å². The number of rotatable bonds is 6. The molecule has 0 bridgehead atoms. The molecule has 0 saturated carbocycles. The maximum absolute atomic E-state index is 9.82. The number of carbonyl (C=O) groups is 1. The minimum atomic E-state index is -1.00. The van der Waals surface area contributed by atoms with Crippen molar-refractivity contribution in [1.82, 2.24) is 0 Å². The van der Waals surface area contributed by atoms with E-state index in [-0.39, 0.29) is 19.8 Å². The molecule has 10 heavy (non-hydrogen) atoms. The van der Waals surface area contributed by atoms with Gasteiger partial charge in [-0.3, -0.25) is 5.41 Å². The number of carboxylic acid groups (broad SMARTS) is 1. The molecule has 0 aliphatic carbocycles. The fourth-order valence-electron chi connectivity index (χ4n) is 0.325. The molecule has 2 N–H and O–H groups in total. The number of hydrogen-bond acceptors (Lipinski definition) is 4. The number of ether oxygens (including phenoxy) is 2. The molecular formula is C5H9NO4. The lowest BCUT2D eigenvalue weighted by atomic mass is 10.7. The molecular weight excluding hydrogens is 138 g/mol. The van der Waals surface area contributed by atoms with Crippen molar-refractivity contribution in [2.24, 2.45) is 0 Å². The molecule has 0 aromatic carbocycles. The summed E-state index contributed by atoms with van der Waals surface area (Å²) in [6.45, 7) is 0.0970. The van der Waals surface area contributed by atoms with Gasteiger partial charge in [0.1, 0.15) is 13.2 Å². The Morgan fingerprint density at radius 1 is 1.60 bits per heavy atom. The third-order valence-corrected chi connectivity index (χ3v) is 0.654. The highest BCUT2D eigenvalue weighted by atomic mass is 16.5. The predicted octanol–water partition coefficient (Wildman–Crippen LogP) is -0.289. The first-order chi connectivity index (χ1) is 4.77. The van der Waals surface area contributed by atoms with Crippen LogP contribution in [0.2, 0.25) is 0 Å². The van der Waals surface area contributed by atoms with E-state index in [4.69, 9.17) is 10.5 Å². The van der Waals surface area contributed by atoms with Crippen molar-refractivity contribution in [2.45, 2.75) is 0 Å². The zero-order chi connectivity index (χ0) is 7.82. The summed E-state index contributed by atoms with van der Waals surface area (Å²) in [4.78, 5) is 9.82. The van der Waals surface area contributed by atoms with Crippen LogP contribution in [0, 0.1) is 5.41 Å². The van der Waals surface area contributed by atoms with Crippen molar-refractivity contribution in [1.29, 1.82) is 5.41 Å². The van der Waals surface area contributed by atoms with Gasteiger partial charge in [-0.05, 0) is 0 Å². The second kappa shape index (κ2) is 6.03. The lowest BCUT2D eigenvalue weighted by Crippen LogP contribution is -2.10. The van der Waals surface area contributed by atoms with Crippen LogP contribution in [-0.2, 0) is 14.3 Å². The highest BCUT2D eigenvalue weighted by Crippen LogP contribution is 1.75. The third-order valence-electron chi connectivity index (χ3n) is 0.654. The van der Waals surface area contributed by atoms with Gasteiger partial charge in [-0.25, -0.2) is 4.79 Å². The standard InChI is InChI=1S/C5H9NO4/c6-4-10-2-1-9-3-5(7)8/h4,6H,1-3H2,(H,7,8). The summed E-state index contributed by atoms with van der Waals surface area (Å²) >= 11 is 0. The molecule has 0 aromatic heterocycles. The van der Waals surface area contributed by atoms with Crippen molar-refractivity contribution >= 4 is 12.4 Å². The van der Waals surface area contributed by atoms with E-state index in [0.29, 0.717) is 0 Å². The molecule has 5 nitrogen and oxygen atoms in total. The molecule has 0 heterocycles. The summed E-state index contributed by atoms with van der Waals surface area (Å²) in [6, 6.07) is 0. The summed E-state index contributed by atoms with van der Waals surface area (Å²) in [5.41, 5.74) is 0. The average Bonchev–Trinajstić information content (AvgIpc) is 1.87. The molecule has 58 valence electrons. The third kappa shape index (κ3) is 6.90. The molecule has 0 amide bonds. The Bertz CT molecular complexity index is 114. The number of hydrogen-bond donors (Lipinski definition) is 2. The predicted molar refractivity (Wildman–Crippen MR) is 33.2 cm³/mol. The molecule has 5 heteroatoms. The summed E-state index contributed by atoms with van der Waals surface area (Å²) < 4.78 is 9.01. The summed E-state index contributed by atoms with van der Waals surface area (Å²) in [5, 5.41) is 14.5. The van der Waals surface area contributed by atoms with Gasteiger partial charge in [-0.15, -0.1) is 0 Å². The minimum absolute atomic E-state index is 0.196. The van der Waals surface area contributed by atoms with Crippen LogP contribution in [0.5, 0.6) is 0 Å². The topological polar surface area (TPSA) is 79.6 Å². The SMILES string of the molecule is N=COCCOCC(=O)O. The van der Waals surface area contributed by atoms with E-state index in [1.807, 2.05) is 0 Å². The van der Waals surface area contributed by atoms with Gasteiger partial charge in [0.05, 0.1) is 6.61 Å². The Hall–Kier alpha value is -1.10. The Kier molecular flexibility index (Phi) is 5.36. The molecule has 0 aliphatic rings. The largest absolute Gasteiger partial charge is 0.481 e. The molecule has 0 radical (unpaired) electrons. The van der Waals surface area contributed by atoms with Crippen molar-refractivity contribution in [2.75, 3.05) is 19.8 Å². The monoisotopic (exact) mass is 147 g/mol. The van der Waals surface area contributed by atoms with Gasteiger partial charge in [0.15, 0.2) is 6.40 Å². The second-order valence-corrected chi connectivity index (χ2v) is 1.43. The van der Waals surface area contributed by atoms with Crippen LogP contribution in [0.1, 0.15) is 0 Å². The van der Waals surface area contributed by atoms with E-state index >= 15 is 0 Å². The van der Waals surface area contributed by atoms with Crippen LogP contribution in [0.3, 0.4) is 0 Å². The second-order valence-electron chi connectivity index (χ2n) is 1.43. The van der Waals surface area contributed by atoms with E-state index in [1.165, 1.54) is 0 Å². The Balaban J connectivity index is 2.90. The quantitative estimate of drug-likeness (QED) is 0.307.